The summed E-state index contributed by atoms with van der Waals surface area (Å²) in [5, 5.41) is 1.12. The predicted octanol–water partition coefficient (Wildman–Crippen LogP) is 4.01. The number of rotatable bonds is 4. The van der Waals surface area contributed by atoms with Crippen LogP contribution in [0.1, 0.15) is 18.4 Å². The van der Waals surface area contributed by atoms with Crippen LogP contribution >= 0.6 is 38.5 Å². The molecule has 1 aromatic rings. The third kappa shape index (κ3) is 3.90. The first-order valence-corrected chi connectivity index (χ1v) is 6.33. The lowest BCUT2D eigenvalue weighted by Gasteiger charge is -1.99. The third-order valence-corrected chi connectivity index (χ3v) is 3.04. The van der Waals surface area contributed by atoms with Crippen LogP contribution in [0.5, 0.6) is 0 Å². The molecule has 0 radical (unpaired) electrons. The first-order chi connectivity index (χ1) is 5.83. The zero-order valence-corrected chi connectivity index (χ0v) is 10.6. The molecular formula is C10H12BrI. The van der Waals surface area contributed by atoms with Crippen LogP contribution in [0.3, 0.4) is 0 Å². The van der Waals surface area contributed by atoms with Gasteiger partial charge in [0.1, 0.15) is 0 Å². The van der Waals surface area contributed by atoms with Crippen LogP contribution in [0.2, 0.25) is 0 Å². The number of aryl methyl sites for hydroxylation is 1. The summed E-state index contributed by atoms with van der Waals surface area (Å²) < 4.78 is 1.32. The van der Waals surface area contributed by atoms with Crippen molar-refractivity contribution in [2.45, 2.75) is 19.3 Å². The van der Waals surface area contributed by atoms with Gasteiger partial charge in [-0.2, -0.15) is 0 Å². The first kappa shape index (κ1) is 10.5. The number of halogens is 2. The minimum atomic E-state index is 1.12. The second-order valence-electron chi connectivity index (χ2n) is 2.77. The average Bonchev–Trinajstić information content (AvgIpc) is 2.09. The molecule has 0 aliphatic heterocycles. The fourth-order valence-electron chi connectivity index (χ4n) is 1.07. The molecule has 0 aliphatic carbocycles. The van der Waals surface area contributed by atoms with Crippen molar-refractivity contribution in [2.24, 2.45) is 0 Å². The Morgan fingerprint density at radius 1 is 1.08 bits per heavy atom. The number of unbranched alkanes of at least 4 members (excludes halogenated alkanes) is 1. The molecule has 1 aromatic carbocycles. The summed E-state index contributed by atoms with van der Waals surface area (Å²) in [6.07, 6.45) is 3.76. The molecule has 0 fully saturated rings. The number of benzene rings is 1. The molecule has 0 unspecified atom stereocenters. The summed E-state index contributed by atoms with van der Waals surface area (Å²) in [5.74, 6) is 0. The van der Waals surface area contributed by atoms with Gasteiger partial charge in [-0.25, -0.2) is 0 Å². The van der Waals surface area contributed by atoms with Crippen molar-refractivity contribution in [1.82, 2.24) is 0 Å². The molecule has 0 aliphatic rings. The minimum Gasteiger partial charge on any atom is -0.0928 e. The predicted molar refractivity (Wildman–Crippen MR) is 65.9 cm³/mol. The Hall–Kier alpha value is 0.430. The smallest absolute Gasteiger partial charge is 0.0130 e. The Labute approximate surface area is 96.0 Å². The molecular weight excluding hydrogens is 327 g/mol. The van der Waals surface area contributed by atoms with Crippen LogP contribution in [-0.4, -0.2) is 5.33 Å². The number of alkyl halides is 1. The summed E-state index contributed by atoms with van der Waals surface area (Å²) in [6.45, 7) is 0. The van der Waals surface area contributed by atoms with Crippen molar-refractivity contribution in [3.05, 3.63) is 33.4 Å². The van der Waals surface area contributed by atoms with Gasteiger partial charge < -0.3 is 0 Å². The van der Waals surface area contributed by atoms with Crippen molar-refractivity contribution < 1.29 is 0 Å². The van der Waals surface area contributed by atoms with E-state index < -0.39 is 0 Å². The zero-order valence-electron chi connectivity index (χ0n) is 6.89. The molecule has 2 heteroatoms. The normalized spacial score (nSPS) is 10.2. The molecule has 0 amide bonds. The maximum Gasteiger partial charge on any atom is 0.0130 e. The van der Waals surface area contributed by atoms with Crippen LogP contribution in [-0.2, 0) is 6.42 Å². The highest BCUT2D eigenvalue weighted by molar-refractivity contribution is 14.1. The van der Waals surface area contributed by atoms with Crippen molar-refractivity contribution in [3.8, 4) is 0 Å². The van der Waals surface area contributed by atoms with E-state index in [1.807, 2.05) is 0 Å². The van der Waals surface area contributed by atoms with E-state index in [9.17, 15) is 0 Å². The van der Waals surface area contributed by atoms with E-state index in [0.717, 1.165) is 5.33 Å². The standard InChI is InChI=1S/C10H12BrI/c11-8-2-1-3-9-4-6-10(12)7-5-9/h4-7H,1-3,8H2. The van der Waals surface area contributed by atoms with Crippen molar-refractivity contribution in [1.29, 1.82) is 0 Å². The lowest BCUT2D eigenvalue weighted by molar-refractivity contribution is 0.806. The Kier molecular flexibility index (Phi) is 5.23. The molecule has 66 valence electrons. The van der Waals surface area contributed by atoms with Gasteiger partial charge in [-0.15, -0.1) is 0 Å². The molecule has 0 atom stereocenters. The monoisotopic (exact) mass is 338 g/mol. The summed E-state index contributed by atoms with van der Waals surface area (Å²) in [5.41, 5.74) is 1.45. The van der Waals surface area contributed by atoms with E-state index >= 15 is 0 Å². The van der Waals surface area contributed by atoms with Crippen molar-refractivity contribution in [2.75, 3.05) is 5.33 Å². The Balaban J connectivity index is 2.37. The molecule has 0 N–H and O–H groups in total. The van der Waals surface area contributed by atoms with Crippen LogP contribution in [0.15, 0.2) is 24.3 Å². The molecule has 0 saturated heterocycles. The fraction of sp³-hybridized carbons (Fsp3) is 0.400. The molecule has 0 heterocycles. The summed E-state index contributed by atoms with van der Waals surface area (Å²) in [4.78, 5) is 0. The van der Waals surface area contributed by atoms with Gasteiger partial charge in [0.25, 0.3) is 0 Å². The topological polar surface area (TPSA) is 0 Å². The van der Waals surface area contributed by atoms with E-state index in [-0.39, 0.29) is 0 Å². The maximum atomic E-state index is 3.43. The SMILES string of the molecule is BrCCCCc1ccc(I)cc1. The summed E-state index contributed by atoms with van der Waals surface area (Å²) >= 11 is 5.77. The first-order valence-electron chi connectivity index (χ1n) is 4.13. The summed E-state index contributed by atoms with van der Waals surface area (Å²) in [7, 11) is 0. The van der Waals surface area contributed by atoms with Crippen LogP contribution in [0, 0.1) is 3.57 Å². The van der Waals surface area contributed by atoms with Gasteiger partial charge in [0.15, 0.2) is 0 Å². The average molecular weight is 339 g/mol. The number of hydrogen-bond donors (Lipinski definition) is 0. The van der Waals surface area contributed by atoms with Gasteiger partial charge in [0.05, 0.1) is 0 Å². The molecule has 0 saturated carbocycles. The Morgan fingerprint density at radius 2 is 1.75 bits per heavy atom. The zero-order chi connectivity index (χ0) is 8.81. The highest BCUT2D eigenvalue weighted by Gasteiger charge is 1.92. The third-order valence-electron chi connectivity index (χ3n) is 1.76. The minimum absolute atomic E-state index is 1.12. The molecule has 0 bridgehead atoms. The highest BCUT2D eigenvalue weighted by atomic mass is 127. The molecule has 0 spiro atoms. The van der Waals surface area contributed by atoms with E-state index in [2.05, 4.69) is 62.8 Å². The highest BCUT2D eigenvalue weighted by Crippen LogP contribution is 2.09. The molecule has 1 rings (SSSR count). The van der Waals surface area contributed by atoms with Gasteiger partial charge in [-0.3, -0.25) is 0 Å². The van der Waals surface area contributed by atoms with Gasteiger partial charge in [0.2, 0.25) is 0 Å². The lowest BCUT2D eigenvalue weighted by atomic mass is 10.1. The van der Waals surface area contributed by atoms with Crippen LogP contribution < -0.4 is 0 Å². The van der Waals surface area contributed by atoms with E-state index in [0.29, 0.717) is 0 Å². The van der Waals surface area contributed by atoms with Gasteiger partial charge >= 0.3 is 0 Å². The van der Waals surface area contributed by atoms with E-state index in [1.54, 1.807) is 0 Å². The van der Waals surface area contributed by atoms with E-state index in [1.165, 1.54) is 28.4 Å². The Morgan fingerprint density at radius 3 is 2.33 bits per heavy atom. The largest absolute Gasteiger partial charge is 0.0928 e. The van der Waals surface area contributed by atoms with Gasteiger partial charge in [-0.1, -0.05) is 28.1 Å². The van der Waals surface area contributed by atoms with Gasteiger partial charge in [0, 0.05) is 8.90 Å². The Bertz CT molecular complexity index is 218. The van der Waals surface area contributed by atoms with Crippen LogP contribution in [0.25, 0.3) is 0 Å². The molecule has 0 aromatic heterocycles. The quantitative estimate of drug-likeness (QED) is 0.442. The summed E-state index contributed by atoms with van der Waals surface area (Å²) in [6, 6.07) is 8.78. The second kappa shape index (κ2) is 5.97. The number of hydrogen-bond acceptors (Lipinski definition) is 0. The van der Waals surface area contributed by atoms with Crippen molar-refractivity contribution >= 4 is 38.5 Å². The van der Waals surface area contributed by atoms with Crippen molar-refractivity contribution in [3.63, 3.8) is 0 Å². The van der Waals surface area contributed by atoms with Crippen LogP contribution in [0.4, 0.5) is 0 Å². The fourth-order valence-corrected chi connectivity index (χ4v) is 1.83. The molecule has 12 heavy (non-hydrogen) atoms. The van der Waals surface area contributed by atoms with E-state index in [4.69, 9.17) is 0 Å². The lowest BCUT2D eigenvalue weighted by Crippen LogP contribution is -1.85. The van der Waals surface area contributed by atoms with Gasteiger partial charge in [-0.05, 0) is 59.5 Å². The molecule has 0 nitrogen and oxygen atoms in total. The second-order valence-corrected chi connectivity index (χ2v) is 4.81. The maximum absolute atomic E-state index is 3.43.